The zero-order chi connectivity index (χ0) is 5.86. The molecule has 42 valence electrons. The number of carboxylic acid groups (broad SMARTS) is 1. The molecule has 0 aromatic rings. The molecule has 3 nitrogen and oxygen atoms in total. The standard InChI is InChI=1S/C3H6O3S/c1-2(6-7)3(4)5/h2,7H,1H3,(H,4,5). The molecule has 0 fully saturated rings. The molecular formula is C3H6O3S. The van der Waals surface area contributed by atoms with Crippen LogP contribution in [0.3, 0.4) is 0 Å². The minimum absolute atomic E-state index is 0.816. The molecule has 4 heteroatoms. The van der Waals surface area contributed by atoms with Crippen LogP contribution < -0.4 is 0 Å². The molecule has 1 atom stereocenters. The molecule has 0 amide bonds. The second-order valence-electron chi connectivity index (χ2n) is 1.09. The number of hydrogen-bond acceptors (Lipinski definition) is 3. The topological polar surface area (TPSA) is 46.5 Å². The first-order valence-corrected chi connectivity index (χ1v) is 2.08. The molecule has 0 bridgehead atoms. The SMILES string of the molecule is CC(OS)C(=O)O. The Morgan fingerprint density at radius 1 is 2.00 bits per heavy atom. The van der Waals surface area contributed by atoms with E-state index >= 15 is 0 Å². The van der Waals surface area contributed by atoms with Gasteiger partial charge in [0.05, 0.1) is 0 Å². The van der Waals surface area contributed by atoms with Crippen molar-refractivity contribution in [2.75, 3.05) is 0 Å². The van der Waals surface area contributed by atoms with Gasteiger partial charge in [-0.25, -0.2) is 4.79 Å². The minimum Gasteiger partial charge on any atom is -0.479 e. The lowest BCUT2D eigenvalue weighted by Gasteiger charge is -1.97. The van der Waals surface area contributed by atoms with E-state index in [1.807, 2.05) is 0 Å². The van der Waals surface area contributed by atoms with Crippen molar-refractivity contribution in [1.29, 1.82) is 0 Å². The Balaban J connectivity index is 3.34. The Bertz CT molecular complexity index is 72.6. The molecule has 1 N–H and O–H groups in total. The zero-order valence-corrected chi connectivity index (χ0v) is 4.68. The lowest BCUT2D eigenvalue weighted by Crippen LogP contribution is -2.15. The number of hydrogen-bond donors (Lipinski definition) is 2. The summed E-state index contributed by atoms with van der Waals surface area (Å²) >= 11 is 3.27. The Hall–Kier alpha value is -0.220. The average molecular weight is 122 g/mol. The summed E-state index contributed by atoms with van der Waals surface area (Å²) in [6.07, 6.45) is -0.816. The maximum Gasteiger partial charge on any atom is 0.333 e. The third kappa shape index (κ3) is 2.47. The fourth-order valence-corrected chi connectivity index (χ4v) is 0.135. The Morgan fingerprint density at radius 2 is 2.43 bits per heavy atom. The summed E-state index contributed by atoms with van der Waals surface area (Å²) in [5, 5.41) is 8.01. The Kier molecular flexibility index (Phi) is 2.78. The molecule has 7 heavy (non-hydrogen) atoms. The fraction of sp³-hybridized carbons (Fsp3) is 0.667. The normalized spacial score (nSPS) is 13.4. The van der Waals surface area contributed by atoms with E-state index in [-0.39, 0.29) is 0 Å². The van der Waals surface area contributed by atoms with Gasteiger partial charge in [-0.1, -0.05) is 0 Å². The number of carbonyl (C=O) groups is 1. The largest absolute Gasteiger partial charge is 0.479 e. The van der Waals surface area contributed by atoms with Crippen molar-refractivity contribution >= 4 is 18.9 Å². The van der Waals surface area contributed by atoms with Gasteiger partial charge in [0.2, 0.25) is 0 Å². The summed E-state index contributed by atoms with van der Waals surface area (Å²) in [6, 6.07) is 0. The van der Waals surface area contributed by atoms with E-state index in [4.69, 9.17) is 5.11 Å². The smallest absolute Gasteiger partial charge is 0.333 e. The quantitative estimate of drug-likeness (QED) is 0.409. The summed E-state index contributed by atoms with van der Waals surface area (Å²) in [6.45, 7) is 1.40. The van der Waals surface area contributed by atoms with Gasteiger partial charge in [-0.05, 0) is 19.8 Å². The first kappa shape index (κ1) is 6.78. The van der Waals surface area contributed by atoms with Gasteiger partial charge in [-0.3, -0.25) is 0 Å². The molecule has 0 rings (SSSR count). The van der Waals surface area contributed by atoms with Crippen LogP contribution in [-0.2, 0) is 8.98 Å². The van der Waals surface area contributed by atoms with E-state index in [1.54, 1.807) is 0 Å². The van der Waals surface area contributed by atoms with Crippen LogP contribution in [0.5, 0.6) is 0 Å². The molecule has 0 aliphatic heterocycles. The van der Waals surface area contributed by atoms with Crippen LogP contribution >= 0.6 is 12.9 Å². The second-order valence-corrected chi connectivity index (χ2v) is 1.30. The zero-order valence-electron chi connectivity index (χ0n) is 3.79. The van der Waals surface area contributed by atoms with Crippen molar-refractivity contribution in [2.24, 2.45) is 0 Å². The number of aliphatic carboxylic acids is 1. The number of rotatable bonds is 2. The highest BCUT2D eigenvalue weighted by atomic mass is 32.1. The van der Waals surface area contributed by atoms with Crippen LogP contribution in [0.15, 0.2) is 0 Å². The highest BCUT2D eigenvalue weighted by molar-refractivity contribution is 7.75. The van der Waals surface area contributed by atoms with Crippen molar-refractivity contribution < 1.29 is 14.1 Å². The maximum absolute atomic E-state index is 9.76. The minimum atomic E-state index is -1.00. The van der Waals surface area contributed by atoms with Crippen LogP contribution in [-0.4, -0.2) is 17.2 Å². The van der Waals surface area contributed by atoms with E-state index in [1.165, 1.54) is 6.92 Å². The van der Waals surface area contributed by atoms with Gasteiger partial charge < -0.3 is 9.29 Å². The van der Waals surface area contributed by atoms with Crippen molar-refractivity contribution in [1.82, 2.24) is 0 Å². The van der Waals surface area contributed by atoms with E-state index < -0.39 is 12.1 Å². The highest BCUT2D eigenvalue weighted by Crippen LogP contribution is 1.90. The molecule has 0 aromatic carbocycles. The predicted octanol–water partition coefficient (Wildman–Crippen LogP) is 0.321. The van der Waals surface area contributed by atoms with Gasteiger partial charge >= 0.3 is 5.97 Å². The van der Waals surface area contributed by atoms with Crippen LogP contribution in [0.2, 0.25) is 0 Å². The van der Waals surface area contributed by atoms with Gasteiger partial charge in [0.1, 0.15) is 0 Å². The molecule has 0 radical (unpaired) electrons. The summed E-state index contributed by atoms with van der Waals surface area (Å²) in [4.78, 5) is 9.76. The van der Waals surface area contributed by atoms with Gasteiger partial charge in [0.15, 0.2) is 6.10 Å². The average Bonchev–Trinajstić information content (AvgIpc) is 1.65. The van der Waals surface area contributed by atoms with Crippen molar-refractivity contribution in [2.45, 2.75) is 13.0 Å². The third-order valence-electron chi connectivity index (χ3n) is 0.506. The summed E-state index contributed by atoms with van der Waals surface area (Å²) in [5.74, 6) is -1.00. The molecule has 0 saturated heterocycles. The van der Waals surface area contributed by atoms with E-state index in [0.717, 1.165) is 0 Å². The van der Waals surface area contributed by atoms with Crippen molar-refractivity contribution in [3.63, 3.8) is 0 Å². The number of carboxylic acids is 1. The molecule has 0 aliphatic carbocycles. The van der Waals surface area contributed by atoms with Crippen LogP contribution in [0, 0.1) is 0 Å². The Labute approximate surface area is 46.9 Å². The fourth-order valence-electron chi connectivity index (χ4n) is 0.0451. The first-order chi connectivity index (χ1) is 3.18. The Morgan fingerprint density at radius 3 is 2.43 bits per heavy atom. The highest BCUT2D eigenvalue weighted by Gasteiger charge is 2.07. The lowest BCUT2D eigenvalue weighted by atomic mass is 10.4. The molecule has 0 aliphatic rings. The molecular weight excluding hydrogens is 116 g/mol. The van der Waals surface area contributed by atoms with Gasteiger partial charge in [-0.15, -0.1) is 0 Å². The molecule has 0 heterocycles. The second kappa shape index (κ2) is 2.87. The molecule has 0 saturated carbocycles. The van der Waals surface area contributed by atoms with Crippen LogP contribution in [0.25, 0.3) is 0 Å². The molecule has 0 spiro atoms. The summed E-state index contributed by atoms with van der Waals surface area (Å²) in [7, 11) is 0. The van der Waals surface area contributed by atoms with Crippen LogP contribution in [0.1, 0.15) is 6.92 Å². The van der Waals surface area contributed by atoms with E-state index in [0.29, 0.717) is 0 Å². The van der Waals surface area contributed by atoms with Gasteiger partial charge in [-0.2, -0.15) is 0 Å². The summed E-state index contributed by atoms with van der Waals surface area (Å²) < 4.78 is 4.11. The van der Waals surface area contributed by atoms with E-state index in [9.17, 15) is 4.79 Å². The lowest BCUT2D eigenvalue weighted by molar-refractivity contribution is -0.143. The summed E-state index contributed by atoms with van der Waals surface area (Å²) in [5.41, 5.74) is 0. The van der Waals surface area contributed by atoms with Crippen LogP contribution in [0.4, 0.5) is 0 Å². The van der Waals surface area contributed by atoms with Crippen molar-refractivity contribution in [3.05, 3.63) is 0 Å². The molecule has 0 aromatic heterocycles. The van der Waals surface area contributed by atoms with Gasteiger partial charge in [0, 0.05) is 0 Å². The van der Waals surface area contributed by atoms with Gasteiger partial charge in [0.25, 0.3) is 0 Å². The van der Waals surface area contributed by atoms with Crippen molar-refractivity contribution in [3.8, 4) is 0 Å². The molecule has 1 unspecified atom stereocenters. The predicted molar refractivity (Wildman–Crippen MR) is 27.2 cm³/mol. The first-order valence-electron chi connectivity index (χ1n) is 1.71. The van der Waals surface area contributed by atoms with E-state index in [2.05, 4.69) is 17.1 Å². The third-order valence-corrected chi connectivity index (χ3v) is 0.822. The number of thiol groups is 1. The monoisotopic (exact) mass is 122 g/mol. The maximum atomic E-state index is 9.76.